The van der Waals surface area contributed by atoms with E-state index in [9.17, 15) is 14.4 Å². The van der Waals surface area contributed by atoms with Crippen LogP contribution in [-0.2, 0) is 20.9 Å². The molecular formula is C22H24N2O4. The number of nitrogens with zero attached hydrogens (tertiary/aromatic N) is 1. The highest BCUT2D eigenvalue weighted by Crippen LogP contribution is 2.19. The van der Waals surface area contributed by atoms with Crippen LogP contribution in [0.25, 0.3) is 21.8 Å². The maximum Gasteiger partial charge on any atom is 0.326 e. The van der Waals surface area contributed by atoms with Crippen LogP contribution in [0.5, 0.6) is 0 Å². The maximum atomic E-state index is 12.7. The Morgan fingerprint density at radius 3 is 2.00 bits per heavy atom. The molecule has 0 saturated heterocycles. The summed E-state index contributed by atoms with van der Waals surface area (Å²) in [5, 5.41) is 3.86. The van der Waals surface area contributed by atoms with Crippen molar-refractivity contribution < 1.29 is 14.3 Å². The number of fused-ring (bicyclic) bond motifs is 2. The molecule has 1 aromatic heterocycles. The lowest BCUT2D eigenvalue weighted by molar-refractivity contribution is -0.155. The second-order valence-electron chi connectivity index (χ2n) is 7.82. The summed E-state index contributed by atoms with van der Waals surface area (Å²) < 4.78 is 7.09. The van der Waals surface area contributed by atoms with Crippen molar-refractivity contribution in [1.29, 1.82) is 0 Å². The average molecular weight is 380 g/mol. The van der Waals surface area contributed by atoms with Crippen LogP contribution < -0.4 is 10.7 Å². The van der Waals surface area contributed by atoms with Crippen LogP contribution in [0.1, 0.15) is 27.7 Å². The Hall–Kier alpha value is -3.15. The summed E-state index contributed by atoms with van der Waals surface area (Å²) >= 11 is 0. The van der Waals surface area contributed by atoms with E-state index < -0.39 is 17.6 Å². The molecule has 0 saturated carbocycles. The van der Waals surface area contributed by atoms with E-state index in [1.807, 2.05) is 32.9 Å². The number of pyridine rings is 1. The lowest BCUT2D eigenvalue weighted by atomic mass is 10.1. The van der Waals surface area contributed by atoms with Crippen molar-refractivity contribution >= 4 is 33.7 Å². The first kappa shape index (κ1) is 19.6. The monoisotopic (exact) mass is 380 g/mol. The van der Waals surface area contributed by atoms with Crippen molar-refractivity contribution in [2.75, 3.05) is 0 Å². The van der Waals surface area contributed by atoms with E-state index in [2.05, 4.69) is 5.32 Å². The van der Waals surface area contributed by atoms with Gasteiger partial charge in [0.2, 0.25) is 0 Å². The largest absolute Gasteiger partial charge is 0.451 e. The highest BCUT2D eigenvalue weighted by Gasteiger charge is 2.23. The number of rotatable bonds is 4. The Labute approximate surface area is 163 Å². The van der Waals surface area contributed by atoms with Gasteiger partial charge in [0.25, 0.3) is 5.91 Å². The molecule has 0 fully saturated rings. The molecular weight excluding hydrogens is 356 g/mol. The number of amides is 1. The normalized spacial score (nSPS) is 12.7. The molecule has 1 heterocycles. The molecule has 0 aliphatic rings. The molecule has 146 valence electrons. The molecule has 6 heteroatoms. The van der Waals surface area contributed by atoms with Crippen molar-refractivity contribution in [3.63, 3.8) is 0 Å². The minimum absolute atomic E-state index is 0.0752. The van der Waals surface area contributed by atoms with Gasteiger partial charge < -0.3 is 14.6 Å². The van der Waals surface area contributed by atoms with E-state index in [0.717, 1.165) is 0 Å². The number of carbonyl (C=O) groups excluding carboxylic acids is 2. The summed E-state index contributed by atoms with van der Waals surface area (Å²) in [5.74, 6) is -0.897. The zero-order valence-corrected chi connectivity index (χ0v) is 16.5. The molecule has 6 nitrogen and oxygen atoms in total. The van der Waals surface area contributed by atoms with Gasteiger partial charge in [-0.3, -0.25) is 14.4 Å². The first-order chi connectivity index (χ1) is 13.2. The number of hydrogen-bond acceptors (Lipinski definition) is 4. The Morgan fingerprint density at radius 2 is 1.50 bits per heavy atom. The van der Waals surface area contributed by atoms with Crippen molar-refractivity contribution in [1.82, 2.24) is 9.88 Å². The molecule has 1 amide bonds. The summed E-state index contributed by atoms with van der Waals surface area (Å²) in [6, 6.07) is 14.3. The van der Waals surface area contributed by atoms with Gasteiger partial charge in [0.05, 0.1) is 11.0 Å². The molecule has 0 bridgehead atoms. The number of para-hydroxylation sites is 2. The average Bonchev–Trinajstić information content (AvgIpc) is 2.63. The SMILES string of the molecule is CC(OC(=O)Cn1c2ccccc2c(=O)c2ccccc21)C(=O)NC(C)(C)C. The van der Waals surface area contributed by atoms with Gasteiger partial charge in [0.1, 0.15) is 6.54 Å². The van der Waals surface area contributed by atoms with Crippen LogP contribution in [0.2, 0.25) is 0 Å². The fourth-order valence-electron chi connectivity index (χ4n) is 3.14. The van der Waals surface area contributed by atoms with E-state index in [0.29, 0.717) is 21.8 Å². The highest BCUT2D eigenvalue weighted by molar-refractivity contribution is 5.94. The Balaban J connectivity index is 1.93. The summed E-state index contributed by atoms with van der Waals surface area (Å²) in [7, 11) is 0. The van der Waals surface area contributed by atoms with Crippen LogP contribution in [0.4, 0.5) is 0 Å². The minimum Gasteiger partial charge on any atom is -0.451 e. The number of esters is 1. The molecule has 28 heavy (non-hydrogen) atoms. The number of ether oxygens (including phenoxy) is 1. The Kier molecular flexibility index (Phi) is 5.23. The lowest BCUT2D eigenvalue weighted by Gasteiger charge is -2.23. The van der Waals surface area contributed by atoms with E-state index >= 15 is 0 Å². The third kappa shape index (κ3) is 4.06. The van der Waals surface area contributed by atoms with Crippen LogP contribution >= 0.6 is 0 Å². The van der Waals surface area contributed by atoms with Gasteiger partial charge in [-0.1, -0.05) is 24.3 Å². The van der Waals surface area contributed by atoms with Crippen LogP contribution in [0.3, 0.4) is 0 Å². The first-order valence-electron chi connectivity index (χ1n) is 9.19. The molecule has 1 unspecified atom stereocenters. The van der Waals surface area contributed by atoms with Crippen LogP contribution in [0, 0.1) is 0 Å². The maximum absolute atomic E-state index is 12.7. The number of nitrogens with one attached hydrogen (secondary N) is 1. The second kappa shape index (κ2) is 7.46. The van der Waals surface area contributed by atoms with Gasteiger partial charge >= 0.3 is 5.97 Å². The van der Waals surface area contributed by atoms with Crippen molar-refractivity contribution in [2.24, 2.45) is 0 Å². The molecule has 0 aliphatic carbocycles. The number of aromatic nitrogens is 1. The van der Waals surface area contributed by atoms with Crippen molar-refractivity contribution in [3.05, 3.63) is 58.8 Å². The van der Waals surface area contributed by atoms with Crippen LogP contribution in [0.15, 0.2) is 53.3 Å². The van der Waals surface area contributed by atoms with Crippen LogP contribution in [-0.4, -0.2) is 28.1 Å². The predicted octanol–water partition coefficient (Wildman–Crippen LogP) is 3.00. The number of carbonyl (C=O) groups is 2. The summed E-state index contributed by atoms with van der Waals surface area (Å²) in [6.07, 6.45) is -0.913. The minimum atomic E-state index is -0.913. The third-order valence-electron chi connectivity index (χ3n) is 4.34. The van der Waals surface area contributed by atoms with Gasteiger partial charge in [0.15, 0.2) is 11.5 Å². The molecule has 2 aromatic carbocycles. The summed E-state index contributed by atoms with van der Waals surface area (Å²) in [5.41, 5.74) is 0.807. The lowest BCUT2D eigenvalue weighted by Crippen LogP contribution is -2.46. The first-order valence-corrected chi connectivity index (χ1v) is 9.19. The smallest absolute Gasteiger partial charge is 0.326 e. The molecule has 3 rings (SSSR count). The molecule has 1 N–H and O–H groups in total. The van der Waals surface area contributed by atoms with E-state index in [1.165, 1.54) is 0 Å². The quantitative estimate of drug-likeness (QED) is 0.558. The van der Waals surface area contributed by atoms with Gasteiger partial charge in [-0.05, 0) is 52.0 Å². The Bertz CT molecular complexity index is 1050. The molecule has 0 spiro atoms. The number of benzene rings is 2. The predicted molar refractivity (Wildman–Crippen MR) is 109 cm³/mol. The zero-order chi connectivity index (χ0) is 20.5. The van der Waals surface area contributed by atoms with Gasteiger partial charge in [-0.2, -0.15) is 0 Å². The van der Waals surface area contributed by atoms with Crippen molar-refractivity contribution in [3.8, 4) is 0 Å². The molecule has 1 atom stereocenters. The van der Waals surface area contributed by atoms with E-state index in [-0.39, 0.29) is 17.9 Å². The van der Waals surface area contributed by atoms with Crippen molar-refractivity contribution in [2.45, 2.75) is 45.9 Å². The van der Waals surface area contributed by atoms with Gasteiger partial charge in [-0.25, -0.2) is 0 Å². The third-order valence-corrected chi connectivity index (χ3v) is 4.34. The standard InChI is InChI=1S/C22H24N2O4/c1-14(21(27)23-22(2,3)4)28-19(25)13-24-17-11-7-5-9-15(17)20(26)16-10-6-8-12-18(16)24/h5-12,14H,13H2,1-4H3,(H,23,27). The second-order valence-corrected chi connectivity index (χ2v) is 7.82. The molecule has 3 aromatic rings. The van der Waals surface area contributed by atoms with Gasteiger partial charge in [0, 0.05) is 16.3 Å². The fourth-order valence-corrected chi connectivity index (χ4v) is 3.14. The molecule has 0 aliphatic heterocycles. The topological polar surface area (TPSA) is 77.4 Å². The summed E-state index contributed by atoms with van der Waals surface area (Å²) in [6.45, 7) is 7.02. The molecule has 0 radical (unpaired) electrons. The summed E-state index contributed by atoms with van der Waals surface area (Å²) in [4.78, 5) is 37.5. The number of hydrogen-bond donors (Lipinski definition) is 1. The van der Waals surface area contributed by atoms with E-state index in [4.69, 9.17) is 4.74 Å². The Morgan fingerprint density at radius 1 is 1.00 bits per heavy atom. The van der Waals surface area contributed by atoms with Gasteiger partial charge in [-0.15, -0.1) is 0 Å². The zero-order valence-electron chi connectivity index (χ0n) is 16.5. The van der Waals surface area contributed by atoms with E-state index in [1.54, 1.807) is 47.9 Å². The fraction of sp³-hybridized carbons (Fsp3) is 0.318. The highest BCUT2D eigenvalue weighted by atomic mass is 16.5.